The van der Waals surface area contributed by atoms with E-state index < -0.39 is 11.5 Å². The molecule has 2 heterocycles. The fraction of sp³-hybridized carbons (Fsp3) is 0.611. The summed E-state index contributed by atoms with van der Waals surface area (Å²) >= 11 is 0. The van der Waals surface area contributed by atoms with Gasteiger partial charge in [0, 0.05) is 24.7 Å². The molecule has 1 aliphatic heterocycles. The van der Waals surface area contributed by atoms with E-state index in [0.717, 1.165) is 18.5 Å². The van der Waals surface area contributed by atoms with Gasteiger partial charge in [-0.05, 0) is 45.7 Å². The first-order valence-electron chi connectivity index (χ1n) is 8.71. The van der Waals surface area contributed by atoms with Crippen molar-refractivity contribution in [2.75, 3.05) is 18.8 Å². The molecule has 140 valence electrons. The highest BCUT2D eigenvalue weighted by Gasteiger charge is 2.28. The number of hydrogen-bond donors (Lipinski definition) is 2. The number of nitrogens with zero attached hydrogens (tertiary/aromatic N) is 2. The molecule has 2 rings (SSSR count). The first kappa shape index (κ1) is 20.7. The van der Waals surface area contributed by atoms with Crippen molar-refractivity contribution in [3.8, 4) is 0 Å². The molecule has 1 saturated heterocycles. The topological polar surface area (TPSA) is 112 Å². The van der Waals surface area contributed by atoms with Crippen LogP contribution in [0.15, 0.2) is 12.1 Å². The summed E-state index contributed by atoms with van der Waals surface area (Å²) in [5, 5.41) is 0. The van der Waals surface area contributed by atoms with Crippen molar-refractivity contribution < 1.29 is 14.3 Å². The highest BCUT2D eigenvalue weighted by atomic mass is 16.6. The van der Waals surface area contributed by atoms with Crippen molar-refractivity contribution >= 4 is 17.7 Å². The van der Waals surface area contributed by atoms with E-state index in [0.29, 0.717) is 13.1 Å². The Kier molecular flexibility index (Phi) is 7.21. The summed E-state index contributed by atoms with van der Waals surface area (Å²) in [5.74, 6) is -0.456. The minimum atomic E-state index is -0.629. The van der Waals surface area contributed by atoms with Gasteiger partial charge in [0.2, 0.25) is 0 Å². The first-order valence-corrected chi connectivity index (χ1v) is 8.71. The molecular formula is C18H30N4O3. The lowest BCUT2D eigenvalue weighted by Gasteiger charge is -2.33. The summed E-state index contributed by atoms with van der Waals surface area (Å²) in [6.07, 6.45) is 1.22. The number of rotatable bonds is 2. The third-order valence-electron chi connectivity index (χ3n) is 3.75. The number of carbonyl (C=O) groups excluding carboxylic acids is 2. The summed E-state index contributed by atoms with van der Waals surface area (Å²) in [5.41, 5.74) is 11.7. The van der Waals surface area contributed by atoms with Crippen LogP contribution in [-0.4, -0.2) is 40.6 Å². The SMILES string of the molecule is CC.CC(C)(C)OC(=O)N1CCC(c2ccc(N)c(C(N)=O)n2)CC1. The van der Waals surface area contributed by atoms with Crippen LogP contribution < -0.4 is 11.5 Å². The number of anilines is 1. The van der Waals surface area contributed by atoms with Crippen molar-refractivity contribution in [3.63, 3.8) is 0 Å². The van der Waals surface area contributed by atoms with Crippen LogP contribution in [0.4, 0.5) is 10.5 Å². The average Bonchev–Trinajstić information content (AvgIpc) is 2.55. The summed E-state index contributed by atoms with van der Waals surface area (Å²) < 4.78 is 5.38. The van der Waals surface area contributed by atoms with E-state index in [4.69, 9.17) is 16.2 Å². The highest BCUT2D eigenvalue weighted by molar-refractivity contribution is 5.95. The molecule has 0 bridgehead atoms. The van der Waals surface area contributed by atoms with Gasteiger partial charge in [-0.3, -0.25) is 4.79 Å². The van der Waals surface area contributed by atoms with Gasteiger partial charge in [0.15, 0.2) is 5.69 Å². The van der Waals surface area contributed by atoms with Crippen molar-refractivity contribution in [1.82, 2.24) is 9.88 Å². The van der Waals surface area contributed by atoms with E-state index >= 15 is 0 Å². The quantitative estimate of drug-likeness (QED) is 0.852. The van der Waals surface area contributed by atoms with Crippen LogP contribution in [0.5, 0.6) is 0 Å². The molecule has 1 aromatic heterocycles. The van der Waals surface area contributed by atoms with Crippen LogP contribution in [-0.2, 0) is 4.74 Å². The summed E-state index contributed by atoms with van der Waals surface area (Å²) in [6.45, 7) is 10.7. The van der Waals surface area contributed by atoms with Crippen LogP contribution in [0.25, 0.3) is 0 Å². The van der Waals surface area contributed by atoms with Crippen molar-refractivity contribution in [3.05, 3.63) is 23.5 Å². The van der Waals surface area contributed by atoms with Crippen molar-refractivity contribution in [2.45, 2.75) is 59.0 Å². The molecule has 2 amide bonds. The number of piperidine rings is 1. The second kappa shape index (κ2) is 8.69. The number of nitrogens with two attached hydrogens (primary N) is 2. The normalized spacial score (nSPS) is 15.2. The number of hydrogen-bond acceptors (Lipinski definition) is 5. The third kappa shape index (κ3) is 5.92. The maximum atomic E-state index is 12.1. The zero-order chi connectivity index (χ0) is 19.2. The minimum absolute atomic E-state index is 0.108. The summed E-state index contributed by atoms with van der Waals surface area (Å²) in [4.78, 5) is 29.4. The smallest absolute Gasteiger partial charge is 0.410 e. The molecule has 25 heavy (non-hydrogen) atoms. The van der Waals surface area contributed by atoms with Gasteiger partial charge in [-0.25, -0.2) is 9.78 Å². The van der Waals surface area contributed by atoms with Gasteiger partial charge in [-0.1, -0.05) is 13.8 Å². The van der Waals surface area contributed by atoms with Crippen LogP contribution in [0.3, 0.4) is 0 Å². The number of likely N-dealkylation sites (tertiary alicyclic amines) is 1. The fourth-order valence-electron chi connectivity index (χ4n) is 2.59. The van der Waals surface area contributed by atoms with E-state index in [1.807, 2.05) is 40.7 Å². The van der Waals surface area contributed by atoms with Gasteiger partial charge in [0.1, 0.15) is 5.60 Å². The van der Waals surface area contributed by atoms with Gasteiger partial charge in [-0.15, -0.1) is 0 Å². The van der Waals surface area contributed by atoms with Crippen LogP contribution in [0, 0.1) is 0 Å². The molecule has 0 aromatic carbocycles. The van der Waals surface area contributed by atoms with E-state index in [2.05, 4.69) is 4.98 Å². The number of nitrogen functional groups attached to an aromatic ring is 1. The molecule has 7 nitrogen and oxygen atoms in total. The Morgan fingerprint density at radius 3 is 2.24 bits per heavy atom. The van der Waals surface area contributed by atoms with Crippen LogP contribution >= 0.6 is 0 Å². The van der Waals surface area contributed by atoms with Gasteiger partial charge < -0.3 is 21.1 Å². The Morgan fingerprint density at radius 2 is 1.76 bits per heavy atom. The summed E-state index contributed by atoms with van der Waals surface area (Å²) in [6, 6.07) is 3.47. The zero-order valence-electron chi connectivity index (χ0n) is 15.8. The van der Waals surface area contributed by atoms with Gasteiger partial charge in [0.05, 0.1) is 5.69 Å². The number of carbonyl (C=O) groups is 2. The monoisotopic (exact) mass is 350 g/mol. The molecule has 0 spiro atoms. The predicted octanol–water partition coefficient (Wildman–Crippen LogP) is 2.90. The summed E-state index contributed by atoms with van der Waals surface area (Å²) in [7, 11) is 0. The van der Waals surface area contributed by atoms with E-state index in [1.54, 1.807) is 11.0 Å². The minimum Gasteiger partial charge on any atom is -0.444 e. The molecular weight excluding hydrogens is 320 g/mol. The van der Waals surface area contributed by atoms with Gasteiger partial charge >= 0.3 is 6.09 Å². The molecule has 1 aromatic rings. The molecule has 0 aliphatic carbocycles. The number of aromatic nitrogens is 1. The second-order valence-corrected chi connectivity index (χ2v) is 6.78. The lowest BCUT2D eigenvalue weighted by molar-refractivity contribution is 0.0204. The predicted molar refractivity (Wildman–Crippen MR) is 98.3 cm³/mol. The van der Waals surface area contributed by atoms with E-state index in [1.165, 1.54) is 0 Å². The maximum absolute atomic E-state index is 12.1. The largest absolute Gasteiger partial charge is 0.444 e. The average molecular weight is 350 g/mol. The molecule has 0 radical (unpaired) electrons. The van der Waals surface area contributed by atoms with Crippen LogP contribution in [0.2, 0.25) is 0 Å². The number of ether oxygens (including phenoxy) is 1. The standard InChI is InChI=1S/C16H24N4O3.C2H6/c1-16(2,3)23-15(22)20-8-6-10(7-9-20)12-5-4-11(17)13(19-12)14(18)21;1-2/h4-5,10H,6-9,17H2,1-3H3,(H2,18,21);1-2H3. The highest BCUT2D eigenvalue weighted by Crippen LogP contribution is 2.28. The molecule has 0 atom stereocenters. The Balaban J connectivity index is 0.00000151. The second-order valence-electron chi connectivity index (χ2n) is 6.78. The van der Waals surface area contributed by atoms with E-state index in [-0.39, 0.29) is 23.4 Å². The number of primary amides is 1. The zero-order valence-corrected chi connectivity index (χ0v) is 15.8. The Bertz CT molecular complexity index is 603. The molecule has 0 saturated carbocycles. The fourth-order valence-corrected chi connectivity index (χ4v) is 2.59. The lowest BCUT2D eigenvalue weighted by Crippen LogP contribution is -2.41. The molecule has 0 unspecified atom stereocenters. The van der Waals surface area contributed by atoms with Crippen LogP contribution in [0.1, 0.15) is 69.6 Å². The first-order chi connectivity index (χ1) is 11.7. The van der Waals surface area contributed by atoms with Gasteiger partial charge in [0.25, 0.3) is 5.91 Å². The molecule has 1 aliphatic rings. The molecule has 1 fully saturated rings. The Hall–Kier alpha value is -2.31. The van der Waals surface area contributed by atoms with Crippen molar-refractivity contribution in [2.24, 2.45) is 5.73 Å². The maximum Gasteiger partial charge on any atom is 0.410 e. The molecule has 7 heteroatoms. The van der Waals surface area contributed by atoms with E-state index in [9.17, 15) is 9.59 Å². The third-order valence-corrected chi connectivity index (χ3v) is 3.75. The Labute approximate surface area is 149 Å². The molecule has 4 N–H and O–H groups in total. The lowest BCUT2D eigenvalue weighted by atomic mass is 9.93. The number of pyridine rings is 1. The van der Waals surface area contributed by atoms with Gasteiger partial charge in [-0.2, -0.15) is 0 Å². The Morgan fingerprint density at radius 1 is 1.20 bits per heavy atom. The number of amides is 2. The van der Waals surface area contributed by atoms with Crippen molar-refractivity contribution in [1.29, 1.82) is 0 Å².